The van der Waals surface area contributed by atoms with E-state index in [0.29, 0.717) is 5.82 Å². The van der Waals surface area contributed by atoms with Gasteiger partial charge in [-0.25, -0.2) is 9.97 Å². The number of rotatable bonds is 4. The number of piperidine rings is 1. The molecule has 0 spiro atoms. The molecule has 1 fully saturated rings. The number of pyridine rings is 1. The van der Waals surface area contributed by atoms with Crippen molar-refractivity contribution in [2.45, 2.75) is 18.9 Å². The smallest absolute Gasteiger partial charge is 0.162 e. The predicted molar refractivity (Wildman–Crippen MR) is 124 cm³/mol. The van der Waals surface area contributed by atoms with Crippen molar-refractivity contribution in [1.29, 1.82) is 0 Å². The van der Waals surface area contributed by atoms with Gasteiger partial charge in [-0.05, 0) is 24.5 Å². The third-order valence-electron chi connectivity index (χ3n) is 5.67. The van der Waals surface area contributed by atoms with Gasteiger partial charge in [0.1, 0.15) is 5.82 Å². The van der Waals surface area contributed by atoms with Gasteiger partial charge in [0.15, 0.2) is 5.82 Å². The van der Waals surface area contributed by atoms with Crippen molar-refractivity contribution in [3.8, 4) is 33.8 Å². The SMILES string of the molecule is OC1CCN(c2cc(-c3cncc(-c4ccccc4)c3)nc(-c3ccccc3)n2)CC1. The highest BCUT2D eigenvalue weighted by atomic mass is 16.3. The molecule has 2 aromatic heterocycles. The van der Waals surface area contributed by atoms with Crippen LogP contribution in [0.4, 0.5) is 5.82 Å². The van der Waals surface area contributed by atoms with E-state index in [-0.39, 0.29) is 6.10 Å². The van der Waals surface area contributed by atoms with E-state index in [1.165, 1.54) is 0 Å². The van der Waals surface area contributed by atoms with Crippen LogP contribution in [-0.4, -0.2) is 39.3 Å². The molecule has 0 unspecified atom stereocenters. The van der Waals surface area contributed by atoms with Gasteiger partial charge in [0.2, 0.25) is 0 Å². The summed E-state index contributed by atoms with van der Waals surface area (Å²) >= 11 is 0. The molecule has 1 N–H and O–H groups in total. The Balaban J connectivity index is 1.59. The van der Waals surface area contributed by atoms with E-state index in [9.17, 15) is 5.11 Å². The summed E-state index contributed by atoms with van der Waals surface area (Å²) in [5, 5.41) is 9.91. The number of hydrogen-bond donors (Lipinski definition) is 1. The van der Waals surface area contributed by atoms with Gasteiger partial charge in [-0.2, -0.15) is 0 Å². The molecule has 1 saturated heterocycles. The Kier molecular flexibility index (Phi) is 5.42. The Morgan fingerprint density at radius 3 is 2.06 bits per heavy atom. The van der Waals surface area contributed by atoms with Crippen LogP contribution < -0.4 is 4.90 Å². The minimum atomic E-state index is -0.224. The Bertz CT molecular complexity index is 1160. The average molecular weight is 409 g/mol. The Morgan fingerprint density at radius 1 is 0.710 bits per heavy atom. The Hall–Kier alpha value is -3.57. The van der Waals surface area contributed by atoms with Crippen molar-refractivity contribution in [2.24, 2.45) is 0 Å². The van der Waals surface area contributed by atoms with Crippen LogP contribution in [0.5, 0.6) is 0 Å². The van der Waals surface area contributed by atoms with Gasteiger partial charge in [0.25, 0.3) is 0 Å². The lowest BCUT2D eigenvalue weighted by atomic mass is 10.0. The van der Waals surface area contributed by atoms with Gasteiger partial charge < -0.3 is 10.0 Å². The maximum atomic E-state index is 9.91. The van der Waals surface area contributed by atoms with Crippen molar-refractivity contribution >= 4 is 5.82 Å². The monoisotopic (exact) mass is 408 g/mol. The first-order valence-corrected chi connectivity index (χ1v) is 10.6. The fraction of sp³-hybridized carbons (Fsp3) is 0.192. The molecule has 5 rings (SSSR count). The van der Waals surface area contributed by atoms with Crippen LogP contribution in [0.2, 0.25) is 0 Å². The number of aliphatic hydroxyl groups excluding tert-OH is 1. The molecular formula is C26H24N4O. The number of aliphatic hydroxyl groups is 1. The van der Waals surface area contributed by atoms with Crippen molar-refractivity contribution in [1.82, 2.24) is 15.0 Å². The van der Waals surface area contributed by atoms with Crippen molar-refractivity contribution in [2.75, 3.05) is 18.0 Å². The minimum absolute atomic E-state index is 0.224. The number of aromatic nitrogens is 3. The molecule has 3 heterocycles. The topological polar surface area (TPSA) is 62.1 Å². The first-order valence-electron chi connectivity index (χ1n) is 10.6. The highest BCUT2D eigenvalue weighted by molar-refractivity contribution is 5.73. The summed E-state index contributed by atoms with van der Waals surface area (Å²) in [7, 11) is 0. The first-order chi connectivity index (χ1) is 15.3. The lowest BCUT2D eigenvalue weighted by molar-refractivity contribution is 0.145. The van der Waals surface area contributed by atoms with E-state index in [1.54, 1.807) is 0 Å². The predicted octanol–water partition coefficient (Wildman–Crippen LogP) is 4.83. The van der Waals surface area contributed by atoms with Gasteiger partial charge in [0, 0.05) is 48.2 Å². The molecule has 154 valence electrons. The maximum Gasteiger partial charge on any atom is 0.162 e. The van der Waals surface area contributed by atoms with Gasteiger partial charge in [-0.1, -0.05) is 60.7 Å². The zero-order chi connectivity index (χ0) is 21.0. The standard InChI is InChI=1S/C26H24N4O/c31-23-11-13-30(14-12-23)25-16-24(28-26(29-25)20-9-5-2-6-10-20)22-15-21(17-27-18-22)19-7-3-1-4-8-19/h1-10,15-18,23,31H,11-14H2. The zero-order valence-corrected chi connectivity index (χ0v) is 17.2. The third kappa shape index (κ3) is 4.32. The summed E-state index contributed by atoms with van der Waals surface area (Å²) in [6.45, 7) is 1.57. The van der Waals surface area contributed by atoms with Gasteiger partial charge in [0.05, 0.1) is 11.8 Å². The summed E-state index contributed by atoms with van der Waals surface area (Å²) in [6.07, 6.45) is 5.02. The second kappa shape index (κ2) is 8.66. The van der Waals surface area contributed by atoms with E-state index in [1.807, 2.05) is 67.0 Å². The molecule has 5 heteroatoms. The number of nitrogens with zero attached hydrogens (tertiary/aromatic N) is 4. The van der Waals surface area contributed by atoms with E-state index < -0.39 is 0 Å². The van der Waals surface area contributed by atoms with Crippen LogP contribution >= 0.6 is 0 Å². The normalized spacial score (nSPS) is 14.5. The third-order valence-corrected chi connectivity index (χ3v) is 5.67. The van der Waals surface area contributed by atoms with Crippen LogP contribution in [0.25, 0.3) is 33.8 Å². The van der Waals surface area contributed by atoms with E-state index in [2.05, 4.69) is 28.1 Å². The summed E-state index contributed by atoms with van der Waals surface area (Å²) in [5.74, 6) is 1.59. The van der Waals surface area contributed by atoms with Gasteiger partial charge >= 0.3 is 0 Å². The average Bonchev–Trinajstić information content (AvgIpc) is 2.85. The molecule has 0 atom stereocenters. The van der Waals surface area contributed by atoms with Gasteiger partial charge in [-0.3, -0.25) is 4.98 Å². The highest BCUT2D eigenvalue weighted by Crippen LogP contribution is 2.29. The van der Waals surface area contributed by atoms with Crippen LogP contribution in [0, 0.1) is 0 Å². The summed E-state index contributed by atoms with van der Waals surface area (Å²) in [4.78, 5) is 16.5. The largest absolute Gasteiger partial charge is 0.393 e. The molecule has 1 aliphatic rings. The number of benzene rings is 2. The van der Waals surface area contributed by atoms with E-state index in [0.717, 1.165) is 59.7 Å². The number of hydrogen-bond acceptors (Lipinski definition) is 5. The molecule has 1 aliphatic heterocycles. The van der Waals surface area contributed by atoms with E-state index in [4.69, 9.17) is 9.97 Å². The maximum absolute atomic E-state index is 9.91. The first kappa shape index (κ1) is 19.4. The summed E-state index contributed by atoms with van der Waals surface area (Å²) < 4.78 is 0. The number of anilines is 1. The molecule has 4 aromatic rings. The van der Waals surface area contributed by atoms with Crippen LogP contribution in [-0.2, 0) is 0 Å². The Morgan fingerprint density at radius 2 is 1.35 bits per heavy atom. The highest BCUT2D eigenvalue weighted by Gasteiger charge is 2.20. The molecule has 0 amide bonds. The lowest BCUT2D eigenvalue weighted by Gasteiger charge is -2.30. The second-order valence-corrected chi connectivity index (χ2v) is 7.85. The fourth-order valence-corrected chi connectivity index (χ4v) is 3.92. The molecular weight excluding hydrogens is 384 g/mol. The molecule has 0 radical (unpaired) electrons. The molecule has 0 aliphatic carbocycles. The van der Waals surface area contributed by atoms with Crippen LogP contribution in [0.1, 0.15) is 12.8 Å². The fourth-order valence-electron chi connectivity index (χ4n) is 3.92. The summed E-state index contributed by atoms with van der Waals surface area (Å²) in [5.41, 5.74) is 4.97. The minimum Gasteiger partial charge on any atom is -0.393 e. The molecule has 2 aromatic carbocycles. The van der Waals surface area contributed by atoms with Crippen molar-refractivity contribution in [3.05, 3.63) is 85.2 Å². The summed E-state index contributed by atoms with van der Waals surface area (Å²) in [6, 6.07) is 24.5. The van der Waals surface area contributed by atoms with Crippen molar-refractivity contribution < 1.29 is 5.11 Å². The zero-order valence-electron chi connectivity index (χ0n) is 17.2. The van der Waals surface area contributed by atoms with Crippen LogP contribution in [0.3, 0.4) is 0 Å². The van der Waals surface area contributed by atoms with Gasteiger partial charge in [-0.15, -0.1) is 0 Å². The second-order valence-electron chi connectivity index (χ2n) is 7.85. The lowest BCUT2D eigenvalue weighted by Crippen LogP contribution is -2.36. The molecule has 0 bridgehead atoms. The van der Waals surface area contributed by atoms with Crippen LogP contribution in [0.15, 0.2) is 85.2 Å². The quantitative estimate of drug-likeness (QED) is 0.524. The molecule has 5 nitrogen and oxygen atoms in total. The Labute approximate surface area is 182 Å². The molecule has 31 heavy (non-hydrogen) atoms. The molecule has 0 saturated carbocycles. The van der Waals surface area contributed by atoms with E-state index >= 15 is 0 Å². The van der Waals surface area contributed by atoms with Crippen molar-refractivity contribution in [3.63, 3.8) is 0 Å².